The predicted octanol–water partition coefficient (Wildman–Crippen LogP) is 2.70. The van der Waals surface area contributed by atoms with E-state index in [0.29, 0.717) is 16.9 Å². The smallest absolute Gasteiger partial charge is 0.301 e. The second-order valence-electron chi connectivity index (χ2n) is 9.77. The molecular formula is C27H26F2N6O4. The molecule has 0 unspecified atom stereocenters. The highest BCUT2D eigenvalue weighted by Gasteiger charge is 2.48. The maximum atomic E-state index is 14.7. The largest absolute Gasteiger partial charge is 0.483 e. The average molecular weight is 537 g/mol. The molecule has 0 radical (unpaired) electrons. The van der Waals surface area contributed by atoms with Gasteiger partial charge in [-0.1, -0.05) is 0 Å². The first kappa shape index (κ1) is 26.2. The summed E-state index contributed by atoms with van der Waals surface area (Å²) in [7, 11) is 1.83. The first-order valence-corrected chi connectivity index (χ1v) is 12.4. The summed E-state index contributed by atoms with van der Waals surface area (Å²) in [6, 6.07) is 9.86. The minimum absolute atomic E-state index is 0.00585. The summed E-state index contributed by atoms with van der Waals surface area (Å²) in [4.78, 5) is 29.6. The third kappa shape index (κ3) is 5.58. The number of nitrogens with one attached hydrogen (secondary N) is 1. The van der Waals surface area contributed by atoms with Crippen LogP contribution < -0.4 is 10.1 Å². The molecule has 2 fully saturated rings. The van der Waals surface area contributed by atoms with Crippen LogP contribution in [0.15, 0.2) is 48.9 Å². The number of carbonyl (C=O) groups is 2. The molecule has 1 saturated heterocycles. The van der Waals surface area contributed by atoms with Crippen LogP contribution in [0, 0.1) is 17.2 Å². The number of benzene rings is 1. The second kappa shape index (κ2) is 10.4. The fourth-order valence-electron chi connectivity index (χ4n) is 4.80. The summed E-state index contributed by atoms with van der Waals surface area (Å²) in [5.74, 6) is -4.24. The van der Waals surface area contributed by atoms with Crippen LogP contribution in [0.3, 0.4) is 0 Å². The average Bonchev–Trinajstić information content (AvgIpc) is 3.62. The molecule has 2 aliphatic rings. The Morgan fingerprint density at radius 1 is 1.31 bits per heavy atom. The number of alkyl halides is 2. The van der Waals surface area contributed by atoms with E-state index >= 15 is 0 Å². The van der Waals surface area contributed by atoms with Crippen molar-refractivity contribution in [3.63, 3.8) is 0 Å². The normalized spacial score (nSPS) is 21.6. The first-order valence-electron chi connectivity index (χ1n) is 12.4. The number of ether oxygens (including phenoxy) is 1. The highest BCUT2D eigenvalue weighted by Crippen LogP contribution is 2.47. The van der Waals surface area contributed by atoms with Crippen molar-refractivity contribution in [3.05, 3.63) is 60.0 Å². The van der Waals surface area contributed by atoms with Gasteiger partial charge in [0.2, 0.25) is 11.8 Å². The van der Waals surface area contributed by atoms with Gasteiger partial charge in [0.25, 0.3) is 0 Å². The number of carbonyl (C=O) groups excluding carboxylic acids is 2. The number of pyridine rings is 1. The van der Waals surface area contributed by atoms with Crippen LogP contribution in [0.4, 0.5) is 14.5 Å². The number of amides is 2. The van der Waals surface area contributed by atoms with Crippen molar-refractivity contribution < 1.29 is 28.2 Å². The summed E-state index contributed by atoms with van der Waals surface area (Å²) in [6.45, 7) is -1.71. The minimum Gasteiger partial charge on any atom is -0.483 e. The molecule has 39 heavy (non-hydrogen) atoms. The lowest BCUT2D eigenvalue weighted by Gasteiger charge is -2.38. The summed E-state index contributed by atoms with van der Waals surface area (Å²) >= 11 is 0. The Morgan fingerprint density at radius 2 is 2.13 bits per heavy atom. The molecular weight excluding hydrogens is 510 g/mol. The zero-order chi connectivity index (χ0) is 27.7. The van der Waals surface area contributed by atoms with Crippen molar-refractivity contribution in [2.75, 3.05) is 25.0 Å². The molecule has 3 heterocycles. The zero-order valence-corrected chi connectivity index (χ0v) is 21.1. The van der Waals surface area contributed by atoms with E-state index in [2.05, 4.69) is 15.4 Å². The number of nitrogens with zero attached hydrogens (tertiary/aromatic N) is 5. The topological polar surface area (TPSA) is 133 Å². The van der Waals surface area contributed by atoms with E-state index in [1.807, 2.05) is 19.3 Å². The first-order chi connectivity index (χ1) is 18.7. The van der Waals surface area contributed by atoms with Gasteiger partial charge in [-0.15, -0.1) is 0 Å². The zero-order valence-electron chi connectivity index (χ0n) is 21.1. The Hall–Kier alpha value is -4.37. The number of aliphatic hydroxyl groups is 1. The number of aromatic nitrogens is 3. The SMILES string of the molecule is Cn1cc([C@@H]2C[C@H]2C(=O)Nc2ccnc(-c3ccc(O[C@H]4CCN(C(=O)CO)CC4(F)F)c(C#N)c3)c2)cn1. The van der Waals surface area contributed by atoms with Crippen molar-refractivity contribution in [1.82, 2.24) is 19.7 Å². The van der Waals surface area contributed by atoms with Crippen LogP contribution in [-0.4, -0.2) is 68.3 Å². The van der Waals surface area contributed by atoms with Crippen LogP contribution >= 0.6 is 0 Å². The quantitative estimate of drug-likeness (QED) is 0.474. The Kier molecular flexibility index (Phi) is 7.01. The van der Waals surface area contributed by atoms with Gasteiger partial charge >= 0.3 is 5.92 Å². The van der Waals surface area contributed by atoms with E-state index in [1.165, 1.54) is 18.3 Å². The maximum absolute atomic E-state index is 14.7. The van der Waals surface area contributed by atoms with Gasteiger partial charge in [-0.3, -0.25) is 19.3 Å². The number of nitriles is 1. The van der Waals surface area contributed by atoms with Crippen molar-refractivity contribution >= 4 is 17.5 Å². The van der Waals surface area contributed by atoms with Crippen molar-refractivity contribution in [3.8, 4) is 23.1 Å². The minimum atomic E-state index is -3.36. The lowest BCUT2D eigenvalue weighted by atomic mass is 10.0. The number of likely N-dealkylation sites (tertiary alicyclic amines) is 1. The molecule has 0 spiro atoms. The molecule has 1 saturated carbocycles. The standard InChI is InChI=1S/C27H26F2N6O4/c1-34-13-18(12-32-34)20-10-21(20)26(38)33-19-4-6-31-22(9-19)16-2-3-23(17(8-16)11-30)39-24-5-7-35(25(37)14-36)15-27(24,28)29/h2-4,6,8-9,12-13,20-21,24,36H,5,7,10,14-15H2,1H3,(H,31,33,38)/t20-,21+,24-/m0/s1. The van der Waals surface area contributed by atoms with Crippen LogP contribution in [0.2, 0.25) is 0 Å². The summed E-state index contributed by atoms with van der Waals surface area (Å²) in [6.07, 6.45) is 4.27. The molecule has 2 N–H and O–H groups in total. The lowest BCUT2D eigenvalue weighted by molar-refractivity contribution is -0.161. The number of anilines is 1. The van der Waals surface area contributed by atoms with Crippen LogP contribution in [0.25, 0.3) is 11.3 Å². The van der Waals surface area contributed by atoms with E-state index in [-0.39, 0.29) is 42.0 Å². The molecule has 3 aromatic rings. The number of rotatable bonds is 7. The Labute approximate surface area is 222 Å². The number of hydrogen-bond acceptors (Lipinski definition) is 7. The predicted molar refractivity (Wildman–Crippen MR) is 135 cm³/mol. The van der Waals surface area contributed by atoms with E-state index in [0.717, 1.165) is 16.9 Å². The number of hydrogen-bond donors (Lipinski definition) is 2. The Morgan fingerprint density at radius 3 is 2.82 bits per heavy atom. The number of piperidine rings is 1. The van der Waals surface area contributed by atoms with E-state index in [9.17, 15) is 23.6 Å². The van der Waals surface area contributed by atoms with Crippen molar-refractivity contribution in [1.29, 1.82) is 5.26 Å². The summed E-state index contributed by atoms with van der Waals surface area (Å²) < 4.78 is 36.6. The van der Waals surface area contributed by atoms with E-state index in [4.69, 9.17) is 9.84 Å². The monoisotopic (exact) mass is 536 g/mol. The van der Waals surface area contributed by atoms with Gasteiger partial charge in [0, 0.05) is 49.6 Å². The molecule has 0 bridgehead atoms. The molecule has 12 heteroatoms. The number of aryl methyl sites for hydroxylation is 1. The second-order valence-corrected chi connectivity index (χ2v) is 9.77. The van der Waals surface area contributed by atoms with E-state index < -0.39 is 31.1 Å². The molecule has 202 valence electrons. The highest BCUT2D eigenvalue weighted by atomic mass is 19.3. The Bertz CT molecular complexity index is 1450. The van der Waals surface area contributed by atoms with Gasteiger partial charge < -0.3 is 20.1 Å². The van der Waals surface area contributed by atoms with Gasteiger partial charge in [0.1, 0.15) is 18.4 Å². The van der Waals surface area contributed by atoms with Crippen LogP contribution in [-0.2, 0) is 16.6 Å². The maximum Gasteiger partial charge on any atom is 0.301 e. The molecule has 1 aliphatic carbocycles. The van der Waals surface area contributed by atoms with Crippen molar-refractivity contribution in [2.24, 2.45) is 13.0 Å². The fourth-order valence-corrected chi connectivity index (χ4v) is 4.80. The molecule has 3 atom stereocenters. The molecule has 2 amide bonds. The summed E-state index contributed by atoms with van der Waals surface area (Å²) in [5.41, 5.74) is 2.65. The summed E-state index contributed by atoms with van der Waals surface area (Å²) in [5, 5.41) is 25.7. The highest BCUT2D eigenvalue weighted by molar-refractivity contribution is 5.95. The molecule has 5 rings (SSSR count). The molecule has 1 aromatic carbocycles. The van der Waals surface area contributed by atoms with Gasteiger partial charge in [-0.05, 0) is 48.2 Å². The fraction of sp³-hybridized carbons (Fsp3) is 0.370. The third-order valence-corrected chi connectivity index (χ3v) is 6.99. The van der Waals surface area contributed by atoms with Gasteiger partial charge in [-0.2, -0.15) is 10.4 Å². The van der Waals surface area contributed by atoms with Crippen LogP contribution in [0.5, 0.6) is 5.75 Å². The lowest BCUT2D eigenvalue weighted by Crippen LogP contribution is -2.55. The Balaban J connectivity index is 1.27. The number of halogens is 2. The molecule has 1 aliphatic heterocycles. The third-order valence-electron chi connectivity index (χ3n) is 6.99. The van der Waals surface area contributed by atoms with Gasteiger partial charge in [0.15, 0.2) is 6.10 Å². The van der Waals surface area contributed by atoms with E-state index in [1.54, 1.807) is 29.1 Å². The van der Waals surface area contributed by atoms with Gasteiger partial charge in [0.05, 0.1) is 24.0 Å². The van der Waals surface area contributed by atoms with Crippen molar-refractivity contribution in [2.45, 2.75) is 30.8 Å². The number of aliphatic hydroxyl groups excluding tert-OH is 1. The van der Waals surface area contributed by atoms with Gasteiger partial charge in [-0.25, -0.2) is 8.78 Å². The van der Waals surface area contributed by atoms with Crippen LogP contribution in [0.1, 0.15) is 29.9 Å². The molecule has 2 aromatic heterocycles. The molecule has 10 nitrogen and oxygen atoms in total.